The molecule has 1 aromatic rings. The number of benzene rings is 1. The lowest BCUT2D eigenvalue weighted by atomic mass is 10.0. The summed E-state index contributed by atoms with van der Waals surface area (Å²) in [6.07, 6.45) is 2.33. The van der Waals surface area contributed by atoms with Gasteiger partial charge in [0.25, 0.3) is 0 Å². The average molecular weight is 312 g/mol. The zero-order chi connectivity index (χ0) is 15.7. The maximum absolute atomic E-state index is 6.09. The van der Waals surface area contributed by atoms with E-state index in [-0.39, 0.29) is 0 Å². The summed E-state index contributed by atoms with van der Waals surface area (Å²) in [5.41, 5.74) is 1.27. The number of hydrogen-bond acceptors (Lipinski definition) is 3. The van der Waals surface area contributed by atoms with Gasteiger partial charge < -0.3 is 15.1 Å². The van der Waals surface area contributed by atoms with Crippen molar-refractivity contribution in [1.29, 1.82) is 0 Å². The molecule has 3 nitrogen and oxygen atoms in total. The first-order chi connectivity index (χ1) is 10.1. The third-order valence-electron chi connectivity index (χ3n) is 3.86. The molecule has 0 bridgehead atoms. The Labute approximate surface area is 135 Å². The molecule has 4 heteroatoms. The number of nitrogens with zero attached hydrogens (tertiary/aromatic N) is 2. The summed E-state index contributed by atoms with van der Waals surface area (Å²) in [6.45, 7) is 6.78. The van der Waals surface area contributed by atoms with Gasteiger partial charge in [-0.05, 0) is 77.9 Å². The second kappa shape index (κ2) is 10.2. The minimum Gasteiger partial charge on any atom is -0.313 e. The minimum atomic E-state index is 0.367. The van der Waals surface area contributed by atoms with Crippen LogP contribution in [0.2, 0.25) is 5.02 Å². The Bertz CT molecular complexity index is 395. The van der Waals surface area contributed by atoms with Crippen LogP contribution in [0.5, 0.6) is 0 Å². The Morgan fingerprint density at radius 3 is 2.52 bits per heavy atom. The molecule has 0 saturated heterocycles. The highest BCUT2D eigenvalue weighted by molar-refractivity contribution is 6.30. The van der Waals surface area contributed by atoms with E-state index in [0.29, 0.717) is 6.04 Å². The molecule has 21 heavy (non-hydrogen) atoms. The summed E-state index contributed by atoms with van der Waals surface area (Å²) < 4.78 is 0. The van der Waals surface area contributed by atoms with E-state index in [9.17, 15) is 0 Å². The van der Waals surface area contributed by atoms with Crippen LogP contribution in [-0.4, -0.2) is 57.1 Å². The van der Waals surface area contributed by atoms with Crippen LogP contribution >= 0.6 is 11.6 Å². The van der Waals surface area contributed by atoms with Crippen LogP contribution in [0.15, 0.2) is 24.3 Å². The second-order valence-corrected chi connectivity index (χ2v) is 6.21. The van der Waals surface area contributed by atoms with Crippen LogP contribution in [0.3, 0.4) is 0 Å². The zero-order valence-electron chi connectivity index (χ0n) is 13.9. The molecule has 1 aromatic carbocycles. The highest BCUT2D eigenvalue weighted by Crippen LogP contribution is 2.20. The number of hydrogen-bond donors (Lipinski definition) is 1. The van der Waals surface area contributed by atoms with Crippen molar-refractivity contribution in [3.8, 4) is 0 Å². The predicted molar refractivity (Wildman–Crippen MR) is 93.2 cm³/mol. The van der Waals surface area contributed by atoms with Crippen molar-refractivity contribution < 1.29 is 0 Å². The molecule has 120 valence electrons. The van der Waals surface area contributed by atoms with Gasteiger partial charge in [0.05, 0.1) is 0 Å². The lowest BCUT2D eigenvalue weighted by molar-refractivity contribution is 0.253. The molecule has 0 spiro atoms. The molecule has 0 aliphatic carbocycles. The minimum absolute atomic E-state index is 0.367. The Morgan fingerprint density at radius 1 is 1.19 bits per heavy atom. The lowest BCUT2D eigenvalue weighted by Gasteiger charge is -2.24. The van der Waals surface area contributed by atoms with Crippen LogP contribution in [0.25, 0.3) is 0 Å². The summed E-state index contributed by atoms with van der Waals surface area (Å²) in [6, 6.07) is 8.53. The molecule has 1 unspecified atom stereocenters. The molecular formula is C17H30ClN3. The molecular weight excluding hydrogens is 282 g/mol. The maximum atomic E-state index is 6.09. The summed E-state index contributed by atoms with van der Waals surface area (Å²) in [4.78, 5) is 4.77. The molecule has 0 heterocycles. The van der Waals surface area contributed by atoms with Gasteiger partial charge in [-0.2, -0.15) is 0 Å². The van der Waals surface area contributed by atoms with Gasteiger partial charge in [0, 0.05) is 11.1 Å². The molecule has 0 saturated carbocycles. The van der Waals surface area contributed by atoms with Gasteiger partial charge in [-0.1, -0.05) is 30.7 Å². The van der Waals surface area contributed by atoms with Crippen LogP contribution in [0.1, 0.15) is 31.4 Å². The molecule has 1 atom stereocenters. The average Bonchev–Trinajstić information content (AvgIpc) is 2.45. The Balaban J connectivity index is 2.45. The van der Waals surface area contributed by atoms with Crippen molar-refractivity contribution in [3.63, 3.8) is 0 Å². The van der Waals surface area contributed by atoms with Crippen molar-refractivity contribution in [2.45, 2.75) is 25.8 Å². The van der Waals surface area contributed by atoms with Crippen molar-refractivity contribution in [1.82, 2.24) is 15.1 Å². The van der Waals surface area contributed by atoms with Crippen molar-refractivity contribution in [3.05, 3.63) is 34.9 Å². The van der Waals surface area contributed by atoms with Crippen molar-refractivity contribution in [2.75, 3.05) is 47.3 Å². The first-order valence-corrected chi connectivity index (χ1v) is 8.24. The van der Waals surface area contributed by atoms with E-state index in [0.717, 1.165) is 31.1 Å². The normalized spacial score (nSPS) is 13.1. The Hall–Kier alpha value is -0.610. The largest absolute Gasteiger partial charge is 0.313 e. The lowest BCUT2D eigenvalue weighted by Crippen LogP contribution is -2.30. The van der Waals surface area contributed by atoms with Crippen molar-refractivity contribution >= 4 is 11.6 Å². The van der Waals surface area contributed by atoms with Crippen LogP contribution < -0.4 is 5.32 Å². The summed E-state index contributed by atoms with van der Waals surface area (Å²) in [5.74, 6) is 0. The first kappa shape index (κ1) is 18.4. The topological polar surface area (TPSA) is 18.5 Å². The zero-order valence-corrected chi connectivity index (χ0v) is 14.7. The highest BCUT2D eigenvalue weighted by atomic mass is 35.5. The molecule has 0 radical (unpaired) electrons. The fourth-order valence-electron chi connectivity index (χ4n) is 2.55. The smallest absolute Gasteiger partial charge is 0.0409 e. The molecule has 1 rings (SSSR count). The Kier molecular flexibility index (Phi) is 8.93. The van der Waals surface area contributed by atoms with Crippen LogP contribution in [0, 0.1) is 0 Å². The molecule has 0 aliphatic rings. The van der Waals surface area contributed by atoms with Crippen LogP contribution in [0.4, 0.5) is 0 Å². The summed E-state index contributed by atoms with van der Waals surface area (Å²) >= 11 is 6.09. The van der Waals surface area contributed by atoms with E-state index < -0.39 is 0 Å². The van der Waals surface area contributed by atoms with Gasteiger partial charge in [-0.3, -0.25) is 0 Å². The van der Waals surface area contributed by atoms with E-state index in [2.05, 4.69) is 48.3 Å². The molecule has 1 N–H and O–H groups in total. The Morgan fingerprint density at radius 2 is 1.95 bits per heavy atom. The summed E-state index contributed by atoms with van der Waals surface area (Å²) in [7, 11) is 6.28. The van der Waals surface area contributed by atoms with E-state index in [1.807, 2.05) is 19.2 Å². The number of rotatable bonds is 10. The number of halogens is 1. The monoisotopic (exact) mass is 311 g/mol. The van der Waals surface area contributed by atoms with E-state index in [1.54, 1.807) is 0 Å². The highest BCUT2D eigenvalue weighted by Gasteiger charge is 2.11. The fraction of sp³-hybridized carbons (Fsp3) is 0.647. The van der Waals surface area contributed by atoms with E-state index in [1.165, 1.54) is 18.5 Å². The second-order valence-electron chi connectivity index (χ2n) is 5.78. The quantitative estimate of drug-likeness (QED) is 0.715. The molecule has 0 aromatic heterocycles. The van der Waals surface area contributed by atoms with Gasteiger partial charge in [0.1, 0.15) is 0 Å². The molecule has 0 aliphatic heterocycles. The number of nitrogens with one attached hydrogen (secondary N) is 1. The van der Waals surface area contributed by atoms with Crippen LogP contribution in [-0.2, 0) is 0 Å². The van der Waals surface area contributed by atoms with E-state index in [4.69, 9.17) is 11.6 Å². The van der Waals surface area contributed by atoms with Gasteiger partial charge in [0.15, 0.2) is 0 Å². The van der Waals surface area contributed by atoms with Gasteiger partial charge in [-0.25, -0.2) is 0 Å². The third-order valence-corrected chi connectivity index (χ3v) is 4.10. The fourth-order valence-corrected chi connectivity index (χ4v) is 2.75. The first-order valence-electron chi connectivity index (χ1n) is 7.86. The van der Waals surface area contributed by atoms with Gasteiger partial charge in [0.2, 0.25) is 0 Å². The molecule has 0 amide bonds. The predicted octanol–water partition coefficient (Wildman–Crippen LogP) is 3.26. The molecule has 0 fully saturated rings. The van der Waals surface area contributed by atoms with Gasteiger partial charge >= 0.3 is 0 Å². The third kappa shape index (κ3) is 7.28. The van der Waals surface area contributed by atoms with E-state index >= 15 is 0 Å². The SMILES string of the molecule is CCN(CCCN(C)C)CCC(NC)c1cccc(Cl)c1. The van der Waals surface area contributed by atoms with Crippen molar-refractivity contribution in [2.24, 2.45) is 0 Å². The van der Waals surface area contributed by atoms with Gasteiger partial charge in [-0.15, -0.1) is 0 Å². The summed E-state index contributed by atoms with van der Waals surface area (Å²) in [5, 5.41) is 4.22. The maximum Gasteiger partial charge on any atom is 0.0409 e. The standard InChI is InChI=1S/C17H30ClN3/c1-5-21(12-7-11-20(3)4)13-10-17(19-2)15-8-6-9-16(18)14-15/h6,8-9,14,17,19H,5,7,10-13H2,1-4H3.